The van der Waals surface area contributed by atoms with Gasteiger partial charge in [0, 0.05) is 31.5 Å². The van der Waals surface area contributed by atoms with Crippen LogP contribution in [-0.2, 0) is 32.7 Å². The van der Waals surface area contributed by atoms with Gasteiger partial charge in [0.15, 0.2) is 6.23 Å². The highest BCUT2D eigenvalue weighted by atomic mass is 31.2. The monoisotopic (exact) mass is 627 g/mol. The van der Waals surface area contributed by atoms with E-state index in [2.05, 4.69) is 4.98 Å². The lowest BCUT2D eigenvalue weighted by Crippen LogP contribution is -2.62. The number of ether oxygens (including phenoxy) is 2. The van der Waals surface area contributed by atoms with Crippen molar-refractivity contribution in [3.63, 3.8) is 0 Å². The van der Waals surface area contributed by atoms with Crippen molar-refractivity contribution in [2.45, 2.75) is 67.6 Å². The highest BCUT2D eigenvalue weighted by Crippen LogP contribution is 2.52. The molecule has 2 fully saturated rings. The summed E-state index contributed by atoms with van der Waals surface area (Å²) in [5.74, 6) is -7.29. The van der Waals surface area contributed by atoms with Gasteiger partial charge in [-0.1, -0.05) is 0 Å². The fourth-order valence-corrected chi connectivity index (χ4v) is 5.57. The van der Waals surface area contributed by atoms with Crippen molar-refractivity contribution in [1.82, 2.24) is 9.55 Å². The first-order valence-electron chi connectivity index (χ1n) is 12.5. The maximum atomic E-state index is 12.9. The van der Waals surface area contributed by atoms with E-state index in [4.69, 9.17) is 35.7 Å². The molecule has 2 aliphatic heterocycles. The molecular weight excluding hydrogens is 593 g/mol. The van der Waals surface area contributed by atoms with Gasteiger partial charge in [0.2, 0.25) is 0 Å². The van der Waals surface area contributed by atoms with Crippen LogP contribution >= 0.6 is 7.82 Å². The summed E-state index contributed by atoms with van der Waals surface area (Å²) < 4.78 is 34.0. The van der Waals surface area contributed by atoms with Crippen LogP contribution in [0.25, 0.3) is 0 Å². The minimum Gasteiger partial charge on any atom is -0.477 e. The average molecular weight is 627 g/mol. The molecule has 11 atom stereocenters. The van der Waals surface area contributed by atoms with Crippen LogP contribution in [0.15, 0.2) is 17.1 Å². The Kier molecular flexibility index (Phi) is 10.9. The molecule has 2 aliphatic rings. The molecule has 21 heteroatoms. The van der Waals surface area contributed by atoms with Gasteiger partial charge in [-0.15, -0.1) is 0 Å². The quantitative estimate of drug-likeness (QED) is 0.0912. The lowest BCUT2D eigenvalue weighted by Gasteiger charge is -2.46. The van der Waals surface area contributed by atoms with Crippen molar-refractivity contribution >= 4 is 25.4 Å². The molecule has 238 valence electrons. The zero-order chi connectivity index (χ0) is 31.6. The first kappa shape index (κ1) is 34.1. The molecule has 42 heavy (non-hydrogen) atoms. The Bertz CT molecular complexity index is 1240. The molecule has 0 bridgehead atoms. The number of Topliss-reactive ketones (excluding diaryl/α,β-unsaturated/α-hetero) is 1. The number of ketones is 1. The molecule has 3 unspecified atom stereocenters. The maximum absolute atomic E-state index is 12.9. The summed E-state index contributed by atoms with van der Waals surface area (Å²) in [6.45, 7) is -2.02. The Balaban J connectivity index is 1.79. The van der Waals surface area contributed by atoms with Gasteiger partial charge in [-0.3, -0.25) is 13.9 Å². The van der Waals surface area contributed by atoms with E-state index < -0.39 is 118 Å². The van der Waals surface area contributed by atoms with E-state index in [9.17, 15) is 54.5 Å². The zero-order valence-corrected chi connectivity index (χ0v) is 22.8. The van der Waals surface area contributed by atoms with E-state index in [0.717, 1.165) is 10.8 Å². The third-order valence-corrected chi connectivity index (χ3v) is 7.84. The highest BCUT2D eigenvalue weighted by molar-refractivity contribution is 7.47. The highest BCUT2D eigenvalue weighted by Gasteiger charge is 2.58. The second-order valence-electron chi connectivity index (χ2n) is 9.76. The molecule has 0 saturated carbocycles. The molecule has 2 saturated heterocycles. The summed E-state index contributed by atoms with van der Waals surface area (Å²) in [7, 11) is -5.50. The number of anilines is 1. The van der Waals surface area contributed by atoms with Gasteiger partial charge in [-0.05, 0) is 6.07 Å². The topological polar surface area (TPSA) is 343 Å². The predicted molar refractivity (Wildman–Crippen MR) is 135 cm³/mol. The standard InChI is InChI=1S/C21H34N5O15P/c22-5-8(27)3-9-10(28)4-21(19(33)34,40-17(9)14(30)11(29)6-23)41-42(36,37)38-7-12-15(31)16(32)18(39-12)26-2-1-13(24)25-20(26)35/h1-2,9-12,14-18,28-32H,3-7,22-23H2,(H,33,34)(H,36,37)(H2,24,25,35)/t9-,10-,11-,12-,14-,15+,16?,17?,18-,21-/m1/s1. The van der Waals surface area contributed by atoms with Crippen molar-refractivity contribution in [2.75, 3.05) is 25.4 Å². The van der Waals surface area contributed by atoms with Crippen molar-refractivity contribution in [3.05, 3.63) is 22.7 Å². The van der Waals surface area contributed by atoms with Gasteiger partial charge in [0.1, 0.15) is 36.0 Å². The molecule has 3 rings (SSSR count). The molecule has 3 heterocycles. The van der Waals surface area contributed by atoms with E-state index in [-0.39, 0.29) is 5.82 Å². The number of nitrogen functional groups attached to an aromatic ring is 1. The van der Waals surface area contributed by atoms with Crippen molar-refractivity contribution in [1.29, 1.82) is 0 Å². The van der Waals surface area contributed by atoms with Crippen LogP contribution in [0.2, 0.25) is 0 Å². The van der Waals surface area contributed by atoms with Gasteiger partial charge in [0.25, 0.3) is 5.79 Å². The number of aliphatic carboxylic acids is 1. The summed E-state index contributed by atoms with van der Waals surface area (Å²) in [6, 6.07) is 1.21. The van der Waals surface area contributed by atoms with E-state index in [0.29, 0.717) is 0 Å². The average Bonchev–Trinajstić information content (AvgIpc) is 3.20. The van der Waals surface area contributed by atoms with Gasteiger partial charge in [-0.25, -0.2) is 18.7 Å². The molecule has 0 spiro atoms. The van der Waals surface area contributed by atoms with Gasteiger partial charge >= 0.3 is 19.5 Å². The number of carbonyl (C=O) groups excluding carboxylic acids is 1. The molecule has 0 aliphatic carbocycles. The molecule has 0 radical (unpaired) electrons. The molecule has 1 aromatic rings. The molecule has 1 aromatic heterocycles. The third-order valence-electron chi connectivity index (χ3n) is 6.84. The minimum absolute atomic E-state index is 0.130. The fraction of sp³-hybridized carbons (Fsp3) is 0.714. The first-order chi connectivity index (χ1) is 19.6. The lowest BCUT2D eigenvalue weighted by atomic mass is 9.80. The number of hydrogen-bond acceptors (Lipinski definition) is 17. The van der Waals surface area contributed by atoms with Gasteiger partial charge < -0.3 is 62.2 Å². The van der Waals surface area contributed by atoms with E-state index >= 15 is 0 Å². The van der Waals surface area contributed by atoms with E-state index in [1.165, 1.54) is 6.07 Å². The maximum Gasteiger partial charge on any atom is 0.475 e. The Morgan fingerprint density at radius 1 is 1.24 bits per heavy atom. The van der Waals surface area contributed by atoms with E-state index in [1.807, 2.05) is 0 Å². The fourth-order valence-electron chi connectivity index (χ4n) is 4.61. The van der Waals surface area contributed by atoms with Crippen molar-refractivity contribution in [2.24, 2.45) is 17.4 Å². The number of aromatic nitrogens is 2. The minimum atomic E-state index is -5.50. The number of carboxylic acid groups (broad SMARTS) is 1. The summed E-state index contributed by atoms with van der Waals surface area (Å²) in [4.78, 5) is 50.2. The largest absolute Gasteiger partial charge is 0.477 e. The number of carbonyl (C=O) groups is 2. The van der Waals surface area contributed by atoms with Crippen LogP contribution < -0.4 is 22.9 Å². The van der Waals surface area contributed by atoms with Crippen LogP contribution in [-0.4, -0.2) is 125 Å². The first-order valence-corrected chi connectivity index (χ1v) is 14.0. The second kappa shape index (κ2) is 13.5. The lowest BCUT2D eigenvalue weighted by molar-refractivity contribution is -0.296. The number of carboxylic acids is 1. The summed E-state index contributed by atoms with van der Waals surface area (Å²) in [5.41, 5.74) is 15.1. The summed E-state index contributed by atoms with van der Waals surface area (Å²) in [6.07, 6.45) is -14.4. The van der Waals surface area contributed by atoms with Crippen LogP contribution in [0.4, 0.5) is 5.82 Å². The summed E-state index contributed by atoms with van der Waals surface area (Å²) in [5, 5.41) is 61.9. The Labute approximate surface area is 236 Å². The number of rotatable bonds is 13. The Morgan fingerprint density at radius 3 is 2.48 bits per heavy atom. The molecule has 20 nitrogen and oxygen atoms in total. The van der Waals surface area contributed by atoms with Crippen LogP contribution in [0.5, 0.6) is 0 Å². The zero-order valence-electron chi connectivity index (χ0n) is 21.9. The normalized spacial score (nSPS) is 34.4. The van der Waals surface area contributed by atoms with Gasteiger partial charge in [-0.2, -0.15) is 4.98 Å². The Hall–Kier alpha value is -2.43. The molecular formula is C21H34N5O15P. The number of hydrogen-bond donors (Lipinski definition) is 10. The summed E-state index contributed by atoms with van der Waals surface area (Å²) >= 11 is 0. The van der Waals surface area contributed by atoms with Crippen LogP contribution in [0.1, 0.15) is 19.1 Å². The number of phosphoric acid groups is 1. The van der Waals surface area contributed by atoms with Crippen molar-refractivity contribution in [3.8, 4) is 0 Å². The van der Waals surface area contributed by atoms with Gasteiger partial charge in [0.05, 0.1) is 31.5 Å². The predicted octanol–water partition coefficient (Wildman–Crippen LogP) is -5.28. The van der Waals surface area contributed by atoms with Crippen LogP contribution in [0.3, 0.4) is 0 Å². The van der Waals surface area contributed by atoms with E-state index in [1.54, 1.807) is 0 Å². The molecule has 13 N–H and O–H groups in total. The smallest absolute Gasteiger partial charge is 0.475 e. The number of phosphoric ester groups is 1. The van der Waals surface area contributed by atoms with Crippen molar-refractivity contribution < 1.29 is 68.2 Å². The number of nitrogens with zero attached hydrogens (tertiary/aromatic N) is 2. The third kappa shape index (κ3) is 7.37. The number of nitrogens with two attached hydrogens (primary N) is 3. The number of aliphatic hydroxyl groups excluding tert-OH is 5. The molecule has 0 amide bonds. The number of aliphatic hydroxyl groups is 5. The second-order valence-corrected chi connectivity index (χ2v) is 11.1. The molecule has 0 aromatic carbocycles. The SMILES string of the molecule is NCC(=O)C[C@H]1C([C@H](O)[C@H](O)CN)O[C@](OP(=O)(O)OC[C@H]2O[C@@H](n3ccc(N)nc3=O)C(O)[C@H]2O)(C(=O)O)C[C@H]1O. The van der Waals surface area contributed by atoms with Crippen LogP contribution in [0, 0.1) is 5.92 Å². The Morgan fingerprint density at radius 2 is 1.90 bits per heavy atom.